The smallest absolute Gasteiger partial charge is 0.254 e. The van der Waals surface area contributed by atoms with Crippen molar-refractivity contribution in [1.82, 2.24) is 20.2 Å². The Morgan fingerprint density at radius 3 is 2.55 bits per heavy atom. The molecule has 1 saturated heterocycles. The number of carbonyl (C=O) groups excluding carboxylic acids is 1. The van der Waals surface area contributed by atoms with Crippen LogP contribution in [0, 0.1) is 12.7 Å². The number of methoxy groups -OCH3 is 1. The molecule has 0 saturated carbocycles. The van der Waals surface area contributed by atoms with Gasteiger partial charge in [0.25, 0.3) is 5.91 Å². The summed E-state index contributed by atoms with van der Waals surface area (Å²) < 4.78 is 18.3. The standard InChI is InChI=1S/C26H29FN4O2/c1-18-23(26(32)29-15-19-6-10-21(27)11-7-19)16-28-25(30-18)24-5-3-4-14-31(24)17-20-8-12-22(33-2)13-9-20/h6-13,16,24H,3-5,14-15,17H2,1-2H3,(H,29,32)/t24-/m1/s1. The predicted octanol–water partition coefficient (Wildman–Crippen LogP) is 4.59. The summed E-state index contributed by atoms with van der Waals surface area (Å²) in [5.74, 6) is 1.08. The molecule has 1 amide bonds. The Labute approximate surface area is 193 Å². The van der Waals surface area contributed by atoms with Gasteiger partial charge in [-0.1, -0.05) is 30.7 Å². The number of piperidine rings is 1. The molecule has 0 unspecified atom stereocenters. The van der Waals surface area contributed by atoms with Gasteiger partial charge in [-0.05, 0) is 61.7 Å². The minimum absolute atomic E-state index is 0.121. The molecule has 1 aliphatic heterocycles. The van der Waals surface area contributed by atoms with Crippen LogP contribution < -0.4 is 10.1 Å². The lowest BCUT2D eigenvalue weighted by atomic mass is 10.00. The Balaban J connectivity index is 1.44. The summed E-state index contributed by atoms with van der Waals surface area (Å²) in [7, 11) is 1.67. The van der Waals surface area contributed by atoms with Gasteiger partial charge in [0.15, 0.2) is 0 Å². The molecule has 0 radical (unpaired) electrons. The van der Waals surface area contributed by atoms with Gasteiger partial charge < -0.3 is 10.1 Å². The van der Waals surface area contributed by atoms with Crippen LogP contribution in [0.1, 0.15) is 58.3 Å². The highest BCUT2D eigenvalue weighted by molar-refractivity contribution is 5.94. The number of rotatable bonds is 7. The molecule has 3 aromatic rings. The van der Waals surface area contributed by atoms with Crippen LogP contribution in [0.4, 0.5) is 4.39 Å². The van der Waals surface area contributed by atoms with Gasteiger partial charge in [0.05, 0.1) is 24.4 Å². The number of amides is 1. The van der Waals surface area contributed by atoms with Gasteiger partial charge in [-0.3, -0.25) is 9.69 Å². The van der Waals surface area contributed by atoms with Crippen molar-refractivity contribution in [3.63, 3.8) is 0 Å². The van der Waals surface area contributed by atoms with E-state index in [9.17, 15) is 9.18 Å². The van der Waals surface area contributed by atoms with Crippen molar-refractivity contribution in [1.29, 1.82) is 0 Å². The van der Waals surface area contributed by atoms with Crippen molar-refractivity contribution in [2.45, 2.75) is 45.3 Å². The van der Waals surface area contributed by atoms with Crippen molar-refractivity contribution in [3.05, 3.63) is 88.8 Å². The third-order valence-electron chi connectivity index (χ3n) is 6.07. The maximum Gasteiger partial charge on any atom is 0.254 e. The van der Waals surface area contributed by atoms with E-state index < -0.39 is 0 Å². The first-order valence-electron chi connectivity index (χ1n) is 11.3. The molecule has 33 heavy (non-hydrogen) atoms. The Morgan fingerprint density at radius 1 is 1.12 bits per heavy atom. The highest BCUT2D eigenvalue weighted by Crippen LogP contribution is 2.30. The summed E-state index contributed by atoms with van der Waals surface area (Å²) in [4.78, 5) is 24.4. The highest BCUT2D eigenvalue weighted by Gasteiger charge is 2.27. The van der Waals surface area contributed by atoms with E-state index in [0.717, 1.165) is 49.5 Å². The number of aromatic nitrogens is 2. The summed E-state index contributed by atoms with van der Waals surface area (Å²) in [6.07, 6.45) is 4.89. The van der Waals surface area contributed by atoms with E-state index in [-0.39, 0.29) is 17.8 Å². The zero-order chi connectivity index (χ0) is 23.2. The molecular formula is C26H29FN4O2. The molecule has 0 bridgehead atoms. The Hall–Kier alpha value is -3.32. The Morgan fingerprint density at radius 2 is 1.85 bits per heavy atom. The molecule has 1 aromatic heterocycles. The lowest BCUT2D eigenvalue weighted by Gasteiger charge is -2.34. The molecule has 4 rings (SSSR count). The third kappa shape index (κ3) is 5.73. The topological polar surface area (TPSA) is 67.3 Å². The first-order valence-corrected chi connectivity index (χ1v) is 11.3. The Bertz CT molecular complexity index is 1090. The monoisotopic (exact) mass is 448 g/mol. The van der Waals surface area contributed by atoms with Gasteiger partial charge in [-0.2, -0.15) is 0 Å². The second-order valence-corrected chi connectivity index (χ2v) is 8.37. The largest absolute Gasteiger partial charge is 0.497 e. The van der Waals surface area contributed by atoms with Crippen LogP contribution in [0.5, 0.6) is 5.75 Å². The zero-order valence-corrected chi connectivity index (χ0v) is 19.1. The third-order valence-corrected chi connectivity index (χ3v) is 6.07. The second kappa shape index (κ2) is 10.5. The molecule has 0 spiro atoms. The molecule has 1 aliphatic rings. The summed E-state index contributed by atoms with van der Waals surface area (Å²) in [6.45, 7) is 3.96. The average Bonchev–Trinajstić information content (AvgIpc) is 2.84. The fourth-order valence-corrected chi connectivity index (χ4v) is 4.19. The van der Waals surface area contributed by atoms with E-state index in [0.29, 0.717) is 17.8 Å². The van der Waals surface area contributed by atoms with Gasteiger partial charge >= 0.3 is 0 Å². The molecule has 172 valence electrons. The highest BCUT2D eigenvalue weighted by atomic mass is 19.1. The van der Waals surface area contributed by atoms with Crippen LogP contribution in [-0.2, 0) is 13.1 Å². The van der Waals surface area contributed by atoms with Crippen LogP contribution >= 0.6 is 0 Å². The quantitative estimate of drug-likeness (QED) is 0.573. The van der Waals surface area contributed by atoms with E-state index in [1.807, 2.05) is 19.1 Å². The number of hydrogen-bond acceptors (Lipinski definition) is 5. The van der Waals surface area contributed by atoms with E-state index in [1.54, 1.807) is 25.4 Å². The number of benzene rings is 2. The maximum atomic E-state index is 13.1. The average molecular weight is 449 g/mol. The summed E-state index contributed by atoms with van der Waals surface area (Å²) in [5, 5.41) is 2.86. The van der Waals surface area contributed by atoms with Crippen LogP contribution in [0.15, 0.2) is 54.7 Å². The molecule has 1 fully saturated rings. The van der Waals surface area contributed by atoms with Gasteiger partial charge in [0.1, 0.15) is 17.4 Å². The Kier molecular flexibility index (Phi) is 7.29. The zero-order valence-electron chi connectivity index (χ0n) is 19.1. The first-order chi connectivity index (χ1) is 16.0. The number of nitrogens with one attached hydrogen (secondary N) is 1. The molecular weight excluding hydrogens is 419 g/mol. The normalized spacial score (nSPS) is 16.4. The maximum absolute atomic E-state index is 13.1. The fraction of sp³-hybridized carbons (Fsp3) is 0.346. The van der Waals surface area contributed by atoms with Crippen molar-refractivity contribution in [2.24, 2.45) is 0 Å². The summed E-state index contributed by atoms with van der Waals surface area (Å²) >= 11 is 0. The minimum Gasteiger partial charge on any atom is -0.497 e. The fourth-order valence-electron chi connectivity index (χ4n) is 4.19. The SMILES string of the molecule is COc1ccc(CN2CCCC[C@@H]2c2ncc(C(=O)NCc3ccc(F)cc3)c(C)n2)cc1. The van der Waals surface area contributed by atoms with E-state index in [1.165, 1.54) is 17.7 Å². The second-order valence-electron chi connectivity index (χ2n) is 8.37. The van der Waals surface area contributed by atoms with E-state index in [4.69, 9.17) is 9.72 Å². The number of likely N-dealkylation sites (tertiary alicyclic amines) is 1. The van der Waals surface area contributed by atoms with Crippen LogP contribution in [0.3, 0.4) is 0 Å². The minimum atomic E-state index is -0.298. The molecule has 6 nitrogen and oxygen atoms in total. The van der Waals surface area contributed by atoms with Gasteiger partial charge in [0.2, 0.25) is 0 Å². The molecule has 0 aliphatic carbocycles. The van der Waals surface area contributed by atoms with Gasteiger partial charge in [-0.15, -0.1) is 0 Å². The molecule has 1 atom stereocenters. The predicted molar refractivity (Wildman–Crippen MR) is 124 cm³/mol. The lowest BCUT2D eigenvalue weighted by Crippen LogP contribution is -2.34. The van der Waals surface area contributed by atoms with E-state index in [2.05, 4.69) is 27.3 Å². The summed E-state index contributed by atoms with van der Waals surface area (Å²) in [6, 6.07) is 14.3. The molecule has 7 heteroatoms. The molecule has 1 N–H and O–H groups in total. The van der Waals surface area contributed by atoms with Gasteiger partial charge in [0, 0.05) is 19.3 Å². The van der Waals surface area contributed by atoms with Crippen molar-refractivity contribution < 1.29 is 13.9 Å². The first kappa shape index (κ1) is 22.9. The number of hydrogen-bond donors (Lipinski definition) is 1. The van der Waals surface area contributed by atoms with Crippen LogP contribution in [0.25, 0.3) is 0 Å². The van der Waals surface area contributed by atoms with Crippen molar-refractivity contribution >= 4 is 5.91 Å². The summed E-state index contributed by atoms with van der Waals surface area (Å²) in [5.41, 5.74) is 3.16. The lowest BCUT2D eigenvalue weighted by molar-refractivity contribution is 0.0948. The van der Waals surface area contributed by atoms with Crippen molar-refractivity contribution in [3.8, 4) is 5.75 Å². The number of nitrogens with zero attached hydrogens (tertiary/aromatic N) is 3. The molecule has 2 heterocycles. The number of aryl methyl sites for hydroxylation is 1. The van der Waals surface area contributed by atoms with Crippen LogP contribution in [-0.4, -0.2) is 34.4 Å². The molecule has 2 aromatic carbocycles. The number of halogens is 1. The number of carbonyl (C=O) groups is 1. The van der Waals surface area contributed by atoms with Gasteiger partial charge in [-0.25, -0.2) is 14.4 Å². The van der Waals surface area contributed by atoms with Crippen molar-refractivity contribution in [2.75, 3.05) is 13.7 Å². The number of ether oxygens (including phenoxy) is 1. The van der Waals surface area contributed by atoms with E-state index >= 15 is 0 Å². The van der Waals surface area contributed by atoms with Crippen LogP contribution in [0.2, 0.25) is 0 Å².